The third-order valence-electron chi connectivity index (χ3n) is 12.8. The maximum Gasteiger partial charge on any atom is 0.315 e. The van der Waals surface area contributed by atoms with Crippen molar-refractivity contribution in [3.8, 4) is 0 Å². The van der Waals surface area contributed by atoms with Crippen LogP contribution in [0.3, 0.4) is 0 Å². The first-order chi connectivity index (χ1) is 17.0. The van der Waals surface area contributed by atoms with E-state index in [1.54, 1.807) is 20.8 Å². The van der Waals surface area contributed by atoms with Crippen LogP contribution in [0.5, 0.6) is 0 Å². The molecular formula is C28H39ClO8. The summed E-state index contributed by atoms with van der Waals surface area (Å²) in [7, 11) is 0. The maximum absolute atomic E-state index is 13.3. The average Bonchev–Trinajstić information content (AvgIpc) is 3.02. The monoisotopic (exact) mass is 538 g/mol. The molecule has 7 aliphatic rings. The van der Waals surface area contributed by atoms with Gasteiger partial charge in [0.15, 0.2) is 5.78 Å². The predicted molar refractivity (Wildman–Crippen MR) is 132 cm³/mol. The maximum atomic E-state index is 13.3. The van der Waals surface area contributed by atoms with Gasteiger partial charge in [-0.1, -0.05) is 6.92 Å². The summed E-state index contributed by atoms with van der Waals surface area (Å²) in [4.78, 5) is 26.1. The van der Waals surface area contributed by atoms with Gasteiger partial charge in [0.1, 0.15) is 23.4 Å². The minimum atomic E-state index is -1.81. The molecule has 7 rings (SSSR count). The SMILES string of the molecule is C[C@]1(O)CC2OC(=O)[C@]1(C)C[C@H]2[C@@]1(O)[C@H](O)C[C@H]2[C@@H]3C[C@H](Cl)[C@]4(O)[C@@H](O)C=CC(=O)[C@]4(C)[C@H]3CC[C@@]21C. The summed E-state index contributed by atoms with van der Waals surface area (Å²) in [6, 6.07) is 0. The van der Waals surface area contributed by atoms with Crippen molar-refractivity contribution in [2.45, 2.75) is 107 Å². The Hall–Kier alpha value is -1.03. The van der Waals surface area contributed by atoms with Crippen molar-refractivity contribution in [2.24, 2.45) is 39.9 Å². The van der Waals surface area contributed by atoms with Crippen LogP contribution >= 0.6 is 11.6 Å². The van der Waals surface area contributed by atoms with Gasteiger partial charge in [-0.05, 0) is 82.8 Å². The number of alkyl halides is 1. The van der Waals surface area contributed by atoms with Crippen LogP contribution in [0.1, 0.15) is 66.2 Å². The van der Waals surface area contributed by atoms with Gasteiger partial charge in [0.2, 0.25) is 0 Å². The first kappa shape index (κ1) is 26.2. The van der Waals surface area contributed by atoms with E-state index in [1.807, 2.05) is 6.92 Å². The summed E-state index contributed by atoms with van der Waals surface area (Å²) in [5, 5.41) is 56.7. The minimum absolute atomic E-state index is 0.167. The summed E-state index contributed by atoms with van der Waals surface area (Å²) in [5.74, 6) is -1.94. The summed E-state index contributed by atoms with van der Waals surface area (Å²) in [5.41, 5.74) is -7.90. The standard InChI is InChI=1S/C28H39ClO8/c1-23-8-7-14-13(9-18(29)28(36)20(31)6-5-19(30)26(14,28)4)15(23)10-21(32)27(23,35)16-11-24(2)22(33)37-17(16)12-25(24,3)34/h5-6,13-18,20-21,31-32,34-36H,7-12H2,1-4H3/t13-,14+,15+,16-,17?,18+,20+,21-,23+,24+,25+,26+,27-,28+/m1/s1. The van der Waals surface area contributed by atoms with Gasteiger partial charge in [0, 0.05) is 17.8 Å². The van der Waals surface area contributed by atoms with E-state index in [1.165, 1.54) is 12.2 Å². The third kappa shape index (κ3) is 2.69. The smallest absolute Gasteiger partial charge is 0.315 e. The molecule has 2 heterocycles. The first-order valence-electron chi connectivity index (χ1n) is 13.6. The molecule has 37 heavy (non-hydrogen) atoms. The van der Waals surface area contributed by atoms with Crippen LogP contribution in [0.25, 0.3) is 0 Å². The lowest BCUT2D eigenvalue weighted by atomic mass is 9.42. The molecule has 14 atom stereocenters. The Labute approximate surface area is 222 Å². The number of rotatable bonds is 1. The molecule has 9 heteroatoms. The van der Waals surface area contributed by atoms with Gasteiger partial charge in [-0.2, -0.15) is 0 Å². The number of carbonyl (C=O) groups excluding carboxylic acids is 2. The predicted octanol–water partition coefficient (Wildman–Crippen LogP) is 1.47. The average molecular weight is 539 g/mol. The normalized spacial score (nSPS) is 62.5. The number of aliphatic hydroxyl groups is 5. The lowest BCUT2D eigenvalue weighted by Gasteiger charge is -2.65. The van der Waals surface area contributed by atoms with Crippen molar-refractivity contribution in [2.75, 3.05) is 0 Å². The van der Waals surface area contributed by atoms with E-state index >= 15 is 0 Å². The Kier molecular flexibility index (Phi) is 5.22. The molecule has 8 nitrogen and oxygen atoms in total. The summed E-state index contributed by atoms with van der Waals surface area (Å²) in [6.07, 6.45) is 1.62. The number of halogens is 1. The fourth-order valence-electron chi connectivity index (χ4n) is 10.2. The van der Waals surface area contributed by atoms with Crippen LogP contribution in [0, 0.1) is 39.9 Å². The lowest BCUT2D eigenvalue weighted by molar-refractivity contribution is -0.280. The molecular weight excluding hydrogens is 500 g/mol. The topological polar surface area (TPSA) is 145 Å². The molecule has 4 saturated carbocycles. The molecule has 2 bridgehead atoms. The second kappa shape index (κ2) is 7.38. The second-order valence-electron chi connectivity index (χ2n) is 13.9. The van der Waals surface area contributed by atoms with E-state index in [9.17, 15) is 35.1 Å². The van der Waals surface area contributed by atoms with E-state index in [0.717, 1.165) is 0 Å². The van der Waals surface area contributed by atoms with Gasteiger partial charge in [-0.15, -0.1) is 11.6 Å². The minimum Gasteiger partial charge on any atom is -0.461 e. The van der Waals surface area contributed by atoms with Crippen molar-refractivity contribution < 1.29 is 39.9 Å². The van der Waals surface area contributed by atoms with Crippen LogP contribution in [0.15, 0.2) is 12.2 Å². The van der Waals surface area contributed by atoms with E-state index in [0.29, 0.717) is 25.7 Å². The Morgan fingerprint density at radius 1 is 0.946 bits per heavy atom. The number of hydrogen-bond donors (Lipinski definition) is 5. The highest BCUT2D eigenvalue weighted by Gasteiger charge is 2.77. The number of fused-ring (bicyclic) bond motifs is 8. The van der Waals surface area contributed by atoms with E-state index < -0.39 is 68.6 Å². The summed E-state index contributed by atoms with van der Waals surface area (Å²) < 4.78 is 5.73. The molecule has 2 aliphatic heterocycles. The zero-order valence-electron chi connectivity index (χ0n) is 21.9. The van der Waals surface area contributed by atoms with Gasteiger partial charge < -0.3 is 30.3 Å². The quantitative estimate of drug-likeness (QED) is 0.249. The zero-order chi connectivity index (χ0) is 27.1. The number of aliphatic hydroxyl groups excluding tert-OH is 2. The van der Waals surface area contributed by atoms with Crippen LogP contribution in [-0.2, 0) is 14.3 Å². The van der Waals surface area contributed by atoms with Crippen LogP contribution in [-0.4, -0.2) is 77.8 Å². The van der Waals surface area contributed by atoms with Gasteiger partial charge in [-0.3, -0.25) is 9.59 Å². The van der Waals surface area contributed by atoms with Crippen molar-refractivity contribution in [3.63, 3.8) is 0 Å². The van der Waals surface area contributed by atoms with Crippen molar-refractivity contribution in [1.82, 2.24) is 0 Å². The van der Waals surface area contributed by atoms with Gasteiger partial charge in [0.05, 0.1) is 27.9 Å². The number of hydrogen-bond acceptors (Lipinski definition) is 8. The second-order valence-corrected chi connectivity index (χ2v) is 14.4. The van der Waals surface area contributed by atoms with Crippen molar-refractivity contribution >= 4 is 23.4 Å². The molecule has 0 radical (unpaired) electrons. The van der Waals surface area contributed by atoms with Gasteiger partial charge in [-0.25, -0.2) is 0 Å². The van der Waals surface area contributed by atoms with Crippen molar-refractivity contribution in [3.05, 3.63) is 12.2 Å². The Morgan fingerprint density at radius 3 is 2.27 bits per heavy atom. The van der Waals surface area contributed by atoms with Crippen LogP contribution < -0.4 is 0 Å². The molecule has 2 saturated heterocycles. The molecule has 0 amide bonds. The zero-order valence-corrected chi connectivity index (χ0v) is 22.6. The number of ether oxygens (including phenoxy) is 1. The molecule has 0 aromatic carbocycles. The first-order valence-corrected chi connectivity index (χ1v) is 14.0. The molecule has 5 N–H and O–H groups in total. The van der Waals surface area contributed by atoms with Crippen molar-refractivity contribution in [1.29, 1.82) is 0 Å². The highest BCUT2D eigenvalue weighted by molar-refractivity contribution is 6.22. The Morgan fingerprint density at radius 2 is 1.62 bits per heavy atom. The highest BCUT2D eigenvalue weighted by Crippen LogP contribution is 2.71. The fraction of sp³-hybridized carbons (Fsp3) is 0.857. The highest BCUT2D eigenvalue weighted by atomic mass is 35.5. The molecule has 6 fully saturated rings. The van der Waals surface area contributed by atoms with E-state index in [-0.39, 0.29) is 36.4 Å². The lowest BCUT2D eigenvalue weighted by Crippen LogP contribution is -2.74. The van der Waals surface area contributed by atoms with Gasteiger partial charge in [0.25, 0.3) is 0 Å². The number of allylic oxidation sites excluding steroid dienone is 1. The van der Waals surface area contributed by atoms with Crippen LogP contribution in [0.4, 0.5) is 0 Å². The van der Waals surface area contributed by atoms with Gasteiger partial charge >= 0.3 is 5.97 Å². The molecule has 1 unspecified atom stereocenters. The fourth-order valence-corrected chi connectivity index (χ4v) is 10.7. The third-order valence-corrected chi connectivity index (χ3v) is 13.3. The van der Waals surface area contributed by atoms with E-state index in [4.69, 9.17) is 16.3 Å². The molecule has 0 aromatic heterocycles. The molecule has 5 aliphatic carbocycles. The molecule has 206 valence electrons. The van der Waals surface area contributed by atoms with Crippen LogP contribution in [0.2, 0.25) is 0 Å². The summed E-state index contributed by atoms with van der Waals surface area (Å²) >= 11 is 6.80. The number of carbonyl (C=O) groups is 2. The number of esters is 1. The van der Waals surface area contributed by atoms with E-state index in [2.05, 4.69) is 0 Å². The molecule has 0 spiro atoms. The summed E-state index contributed by atoms with van der Waals surface area (Å²) in [6.45, 7) is 7.00. The largest absolute Gasteiger partial charge is 0.461 e. The molecule has 0 aromatic rings. The Balaban J connectivity index is 1.40. The Bertz CT molecular complexity index is 1090. The number of ketones is 1.